The minimum Gasteiger partial charge on any atom is -0.146 e. The molecule has 0 aliphatic rings. The van der Waals surface area contributed by atoms with Crippen LogP contribution in [0.1, 0.15) is 25.0 Å². The summed E-state index contributed by atoms with van der Waals surface area (Å²) in [5, 5.41) is 0. The van der Waals surface area contributed by atoms with Crippen LogP contribution in [0.15, 0.2) is 24.3 Å². The van der Waals surface area contributed by atoms with Gasteiger partial charge in [0.1, 0.15) is 0 Å². The van der Waals surface area contributed by atoms with E-state index in [4.69, 9.17) is 4.52 Å². The van der Waals surface area contributed by atoms with Crippen molar-refractivity contribution in [2.45, 2.75) is 26.4 Å². The fourth-order valence-corrected chi connectivity index (χ4v) is 2.11. The van der Waals surface area contributed by atoms with Gasteiger partial charge in [-0.3, -0.25) is 0 Å². The first-order valence-corrected chi connectivity index (χ1v) is 6.28. The first-order valence-electron chi connectivity index (χ1n) is 4.91. The lowest BCUT2D eigenvalue weighted by molar-refractivity contribution is 0.350. The van der Waals surface area contributed by atoms with Crippen molar-refractivity contribution >= 4 is 8.03 Å². The molecule has 1 aromatic rings. The molecule has 0 fully saturated rings. The van der Waals surface area contributed by atoms with Gasteiger partial charge in [0.15, 0.2) is 0 Å². The second-order valence-electron chi connectivity index (χ2n) is 3.08. The van der Waals surface area contributed by atoms with Gasteiger partial charge >= 0.3 is 8.03 Å². The maximum absolute atomic E-state index is 11.3. The Bertz CT molecular complexity index is 293. The van der Waals surface area contributed by atoms with Gasteiger partial charge in [0.2, 0.25) is 6.16 Å². The van der Waals surface area contributed by atoms with Crippen LogP contribution in [0.2, 0.25) is 0 Å². The quantitative estimate of drug-likeness (QED) is 0.696. The SMILES string of the molecule is CCO[P+](=O)Cc1ccc(CC)cc1. The predicted octanol–water partition coefficient (Wildman–Crippen LogP) is 3.53. The van der Waals surface area contributed by atoms with Crippen LogP contribution >= 0.6 is 8.03 Å². The Labute approximate surface area is 86.2 Å². The molecule has 0 spiro atoms. The second kappa shape index (κ2) is 5.90. The Hall–Kier alpha value is -0.720. The van der Waals surface area contributed by atoms with E-state index in [9.17, 15) is 4.57 Å². The van der Waals surface area contributed by atoms with Crippen molar-refractivity contribution in [3.05, 3.63) is 35.4 Å². The molecule has 3 heteroatoms. The van der Waals surface area contributed by atoms with Crippen LogP contribution in [0.3, 0.4) is 0 Å². The summed E-state index contributed by atoms with van der Waals surface area (Å²) < 4.78 is 16.3. The van der Waals surface area contributed by atoms with Crippen molar-refractivity contribution in [1.29, 1.82) is 0 Å². The highest BCUT2D eigenvalue weighted by Crippen LogP contribution is 2.27. The maximum atomic E-state index is 11.3. The van der Waals surface area contributed by atoms with Crippen molar-refractivity contribution in [3.8, 4) is 0 Å². The zero-order chi connectivity index (χ0) is 10.4. The van der Waals surface area contributed by atoms with E-state index in [1.54, 1.807) is 0 Å². The molecule has 1 rings (SSSR count). The lowest BCUT2D eigenvalue weighted by Crippen LogP contribution is -1.85. The van der Waals surface area contributed by atoms with Crippen LogP contribution < -0.4 is 0 Å². The molecule has 2 nitrogen and oxygen atoms in total. The van der Waals surface area contributed by atoms with Crippen molar-refractivity contribution in [3.63, 3.8) is 0 Å². The molecule has 0 bridgehead atoms. The maximum Gasteiger partial charge on any atom is 0.512 e. The van der Waals surface area contributed by atoms with E-state index in [1.165, 1.54) is 5.56 Å². The van der Waals surface area contributed by atoms with Gasteiger partial charge in [-0.15, -0.1) is 4.52 Å². The molecule has 0 aromatic heterocycles. The summed E-state index contributed by atoms with van der Waals surface area (Å²) in [5.41, 5.74) is 2.39. The first kappa shape index (κ1) is 11.4. The molecule has 76 valence electrons. The van der Waals surface area contributed by atoms with Gasteiger partial charge in [0.05, 0.1) is 6.61 Å². The van der Waals surface area contributed by atoms with Gasteiger partial charge in [-0.2, -0.15) is 0 Å². The zero-order valence-corrected chi connectivity index (χ0v) is 9.59. The molecule has 0 heterocycles. The third-order valence-electron chi connectivity index (χ3n) is 2.02. The Morgan fingerprint density at radius 2 is 1.71 bits per heavy atom. The minimum absolute atomic E-state index is 0.516. The van der Waals surface area contributed by atoms with Gasteiger partial charge in [0.25, 0.3) is 0 Å². The highest BCUT2D eigenvalue weighted by atomic mass is 31.1. The summed E-state index contributed by atoms with van der Waals surface area (Å²) in [6.07, 6.45) is 1.56. The van der Waals surface area contributed by atoms with Crippen molar-refractivity contribution in [2.75, 3.05) is 6.61 Å². The lowest BCUT2D eigenvalue weighted by Gasteiger charge is -1.96. The minimum atomic E-state index is -1.52. The number of benzene rings is 1. The van der Waals surface area contributed by atoms with Gasteiger partial charge < -0.3 is 0 Å². The summed E-state index contributed by atoms with van der Waals surface area (Å²) >= 11 is 0. The number of hydrogen-bond donors (Lipinski definition) is 0. The molecule has 0 saturated carbocycles. The van der Waals surface area contributed by atoms with Crippen LogP contribution in [0.5, 0.6) is 0 Å². The van der Waals surface area contributed by atoms with Crippen molar-refractivity contribution in [1.82, 2.24) is 0 Å². The smallest absolute Gasteiger partial charge is 0.146 e. The molecule has 0 radical (unpaired) electrons. The Balaban J connectivity index is 2.55. The van der Waals surface area contributed by atoms with Crippen LogP contribution in [-0.2, 0) is 21.7 Å². The Morgan fingerprint density at radius 1 is 1.14 bits per heavy atom. The monoisotopic (exact) mass is 211 g/mol. The topological polar surface area (TPSA) is 26.3 Å². The third-order valence-corrected chi connectivity index (χ3v) is 3.19. The van der Waals surface area contributed by atoms with E-state index < -0.39 is 8.03 Å². The molecule has 0 N–H and O–H groups in total. The van der Waals surface area contributed by atoms with E-state index in [1.807, 2.05) is 19.1 Å². The van der Waals surface area contributed by atoms with Gasteiger partial charge in [0, 0.05) is 5.56 Å². The fraction of sp³-hybridized carbons (Fsp3) is 0.455. The van der Waals surface area contributed by atoms with E-state index in [0.29, 0.717) is 12.8 Å². The fourth-order valence-electron chi connectivity index (χ4n) is 1.22. The number of hydrogen-bond acceptors (Lipinski definition) is 2. The molecule has 1 unspecified atom stereocenters. The van der Waals surface area contributed by atoms with Crippen LogP contribution in [0, 0.1) is 0 Å². The normalized spacial score (nSPS) is 11.4. The van der Waals surface area contributed by atoms with Crippen LogP contribution in [0.4, 0.5) is 0 Å². The summed E-state index contributed by atoms with van der Waals surface area (Å²) in [5.74, 6) is 0. The molecule has 1 aromatic carbocycles. The Morgan fingerprint density at radius 3 is 2.21 bits per heavy atom. The first-order chi connectivity index (χ1) is 6.76. The highest BCUT2D eigenvalue weighted by molar-refractivity contribution is 7.38. The highest BCUT2D eigenvalue weighted by Gasteiger charge is 2.16. The number of rotatable bonds is 5. The molecule has 1 atom stereocenters. The zero-order valence-electron chi connectivity index (χ0n) is 8.69. The Kier molecular flexibility index (Phi) is 4.78. The lowest BCUT2D eigenvalue weighted by atomic mass is 10.1. The summed E-state index contributed by atoms with van der Waals surface area (Å²) in [7, 11) is -1.52. The standard InChI is InChI=1S/C11H16O2P/c1-3-10-5-7-11(8-6-10)9-14(12)13-4-2/h5-8H,3-4,9H2,1-2H3/q+1. The molecule has 14 heavy (non-hydrogen) atoms. The van der Waals surface area contributed by atoms with Crippen molar-refractivity contribution in [2.24, 2.45) is 0 Å². The molecule has 0 saturated heterocycles. The van der Waals surface area contributed by atoms with Crippen molar-refractivity contribution < 1.29 is 9.09 Å². The molecule has 0 amide bonds. The van der Waals surface area contributed by atoms with E-state index in [-0.39, 0.29) is 0 Å². The molecule has 0 aliphatic carbocycles. The van der Waals surface area contributed by atoms with E-state index in [0.717, 1.165) is 12.0 Å². The summed E-state index contributed by atoms with van der Waals surface area (Å²) in [4.78, 5) is 0. The van der Waals surface area contributed by atoms with Crippen LogP contribution in [0.25, 0.3) is 0 Å². The van der Waals surface area contributed by atoms with E-state index in [2.05, 4.69) is 19.1 Å². The number of aryl methyl sites for hydroxylation is 1. The van der Waals surface area contributed by atoms with Gasteiger partial charge in [-0.05, 0) is 23.5 Å². The average molecular weight is 211 g/mol. The van der Waals surface area contributed by atoms with Gasteiger partial charge in [-0.25, -0.2) is 0 Å². The molecular formula is C11H16O2P+. The molecule has 0 aliphatic heterocycles. The second-order valence-corrected chi connectivity index (χ2v) is 4.32. The van der Waals surface area contributed by atoms with Gasteiger partial charge in [-0.1, -0.05) is 31.2 Å². The third kappa shape index (κ3) is 3.57. The van der Waals surface area contributed by atoms with E-state index >= 15 is 0 Å². The largest absolute Gasteiger partial charge is 0.512 e. The summed E-state index contributed by atoms with van der Waals surface area (Å²) in [6, 6.07) is 8.19. The van der Waals surface area contributed by atoms with Crippen LogP contribution in [-0.4, -0.2) is 6.61 Å². The average Bonchev–Trinajstić information content (AvgIpc) is 2.19. The summed E-state index contributed by atoms with van der Waals surface area (Å²) in [6.45, 7) is 4.49. The predicted molar refractivity (Wildman–Crippen MR) is 58.8 cm³/mol. The molecular weight excluding hydrogens is 195 g/mol.